The zero-order valence-electron chi connectivity index (χ0n) is 14.5. The summed E-state index contributed by atoms with van der Waals surface area (Å²) in [4.78, 5) is 25.5. The highest BCUT2D eigenvalue weighted by Gasteiger charge is 2.61. The first-order valence-electron chi connectivity index (χ1n) is 8.22. The van der Waals surface area contributed by atoms with Crippen molar-refractivity contribution in [1.82, 2.24) is 0 Å². The Labute approximate surface area is 142 Å². The number of ether oxygens (including phenoxy) is 2. The van der Waals surface area contributed by atoms with Gasteiger partial charge in [-0.3, -0.25) is 9.69 Å². The highest BCUT2D eigenvalue weighted by molar-refractivity contribution is 5.89. The molecule has 1 aromatic rings. The van der Waals surface area contributed by atoms with Gasteiger partial charge in [-0.1, -0.05) is 25.5 Å². The predicted molar refractivity (Wildman–Crippen MR) is 91.0 cm³/mol. The fraction of sp³-hybridized carbons (Fsp3) is 0.474. The van der Waals surface area contributed by atoms with E-state index in [-0.39, 0.29) is 29.3 Å². The van der Waals surface area contributed by atoms with Gasteiger partial charge in [-0.15, -0.1) is 0 Å². The number of allylic oxidation sites excluding steroid dienone is 2. The van der Waals surface area contributed by atoms with Crippen molar-refractivity contribution in [2.45, 2.75) is 27.7 Å². The van der Waals surface area contributed by atoms with Crippen molar-refractivity contribution in [2.24, 2.45) is 17.3 Å². The van der Waals surface area contributed by atoms with Crippen LogP contribution in [0.15, 0.2) is 35.9 Å². The van der Waals surface area contributed by atoms with E-state index in [2.05, 4.69) is 19.9 Å². The van der Waals surface area contributed by atoms with Crippen LogP contribution in [0.25, 0.3) is 0 Å². The molecule has 2 fully saturated rings. The molecule has 1 saturated heterocycles. The smallest absolute Gasteiger partial charge is 0.414 e. The lowest BCUT2D eigenvalue weighted by Gasteiger charge is -2.13. The van der Waals surface area contributed by atoms with E-state index < -0.39 is 0 Å². The van der Waals surface area contributed by atoms with Crippen molar-refractivity contribution < 1.29 is 19.1 Å². The highest BCUT2D eigenvalue weighted by Crippen LogP contribution is 2.59. The van der Waals surface area contributed by atoms with E-state index in [4.69, 9.17) is 9.47 Å². The highest BCUT2D eigenvalue weighted by atomic mass is 16.6. The van der Waals surface area contributed by atoms with Gasteiger partial charge >= 0.3 is 12.1 Å². The summed E-state index contributed by atoms with van der Waals surface area (Å²) in [5.41, 5.74) is 1.89. The number of hydrogen-bond donors (Lipinski definition) is 0. The van der Waals surface area contributed by atoms with Gasteiger partial charge in [-0.25, -0.2) is 4.79 Å². The molecule has 0 radical (unpaired) electrons. The minimum atomic E-state index is -0.343. The summed E-state index contributed by atoms with van der Waals surface area (Å²) in [6, 6.07) is 6.95. The zero-order chi connectivity index (χ0) is 17.5. The molecule has 1 amide bonds. The third-order valence-corrected chi connectivity index (χ3v) is 4.81. The number of anilines is 1. The molecule has 24 heavy (non-hydrogen) atoms. The standard InChI is InChI=1S/C19H23NO4/c1-12(2)11-15-16(19(15,3)4)17(21)24-14-7-5-13(6-8-14)20-9-10-23-18(20)22/h5-8,11,15-16H,9-10H2,1-4H3. The van der Waals surface area contributed by atoms with Crippen LogP contribution in [0.1, 0.15) is 27.7 Å². The fourth-order valence-corrected chi connectivity index (χ4v) is 3.30. The molecular weight excluding hydrogens is 306 g/mol. The number of carbonyl (C=O) groups is 2. The Balaban J connectivity index is 1.65. The number of esters is 1. The van der Waals surface area contributed by atoms with E-state index in [1.54, 1.807) is 29.2 Å². The minimum Gasteiger partial charge on any atom is -0.447 e. The third-order valence-electron chi connectivity index (χ3n) is 4.81. The Morgan fingerprint density at radius 2 is 1.96 bits per heavy atom. The number of hydrogen-bond acceptors (Lipinski definition) is 4. The maximum atomic E-state index is 12.4. The van der Waals surface area contributed by atoms with Gasteiger partial charge in [0.05, 0.1) is 12.5 Å². The van der Waals surface area contributed by atoms with Gasteiger partial charge in [0.25, 0.3) is 0 Å². The first-order chi connectivity index (χ1) is 11.3. The largest absolute Gasteiger partial charge is 0.447 e. The molecule has 1 aromatic carbocycles. The molecule has 1 heterocycles. The molecule has 0 N–H and O–H groups in total. The summed E-state index contributed by atoms with van der Waals surface area (Å²) >= 11 is 0. The zero-order valence-corrected chi connectivity index (χ0v) is 14.5. The molecule has 2 atom stereocenters. The molecule has 3 rings (SSSR count). The first kappa shape index (κ1) is 16.6. The molecule has 0 bridgehead atoms. The number of nitrogens with zero attached hydrogens (tertiary/aromatic N) is 1. The van der Waals surface area contributed by atoms with Crippen molar-refractivity contribution in [2.75, 3.05) is 18.1 Å². The van der Waals surface area contributed by atoms with Crippen LogP contribution in [0, 0.1) is 17.3 Å². The summed E-state index contributed by atoms with van der Waals surface area (Å²) in [5.74, 6) is 0.417. The number of rotatable bonds is 4. The van der Waals surface area contributed by atoms with Crippen LogP contribution in [0.5, 0.6) is 5.75 Å². The summed E-state index contributed by atoms with van der Waals surface area (Å²) < 4.78 is 10.4. The van der Waals surface area contributed by atoms with Crippen LogP contribution in [0.3, 0.4) is 0 Å². The summed E-state index contributed by atoms with van der Waals surface area (Å²) in [6.45, 7) is 9.20. The molecule has 1 aliphatic carbocycles. The monoisotopic (exact) mass is 329 g/mol. The quantitative estimate of drug-likeness (QED) is 0.479. The van der Waals surface area contributed by atoms with Gasteiger partial charge in [-0.05, 0) is 49.4 Å². The van der Waals surface area contributed by atoms with Gasteiger partial charge < -0.3 is 9.47 Å². The Morgan fingerprint density at radius 3 is 2.50 bits per heavy atom. The molecular formula is C19H23NO4. The number of amides is 1. The topological polar surface area (TPSA) is 55.8 Å². The average molecular weight is 329 g/mol. The first-order valence-corrected chi connectivity index (χ1v) is 8.22. The molecule has 2 unspecified atom stereocenters. The van der Waals surface area contributed by atoms with Gasteiger partial charge in [0.1, 0.15) is 12.4 Å². The summed E-state index contributed by atoms with van der Waals surface area (Å²) in [5, 5.41) is 0. The molecule has 0 spiro atoms. The SMILES string of the molecule is CC(C)=CC1C(C(=O)Oc2ccc(N3CCOC3=O)cc2)C1(C)C. The van der Waals surface area contributed by atoms with E-state index >= 15 is 0 Å². The van der Waals surface area contributed by atoms with E-state index in [0.29, 0.717) is 18.9 Å². The van der Waals surface area contributed by atoms with Crippen LogP contribution >= 0.6 is 0 Å². The fourth-order valence-electron chi connectivity index (χ4n) is 3.30. The molecule has 5 nitrogen and oxygen atoms in total. The maximum Gasteiger partial charge on any atom is 0.414 e. The van der Waals surface area contributed by atoms with Gasteiger partial charge in [0, 0.05) is 5.69 Å². The second-order valence-corrected chi connectivity index (χ2v) is 7.25. The van der Waals surface area contributed by atoms with Crippen molar-refractivity contribution in [3.63, 3.8) is 0 Å². The molecule has 5 heteroatoms. The second-order valence-electron chi connectivity index (χ2n) is 7.25. The van der Waals surface area contributed by atoms with Crippen LogP contribution < -0.4 is 9.64 Å². The molecule has 2 aliphatic rings. The van der Waals surface area contributed by atoms with Crippen molar-refractivity contribution in [3.05, 3.63) is 35.9 Å². The van der Waals surface area contributed by atoms with Crippen molar-refractivity contribution in [3.8, 4) is 5.75 Å². The van der Waals surface area contributed by atoms with E-state index in [1.165, 1.54) is 5.57 Å². The van der Waals surface area contributed by atoms with Crippen molar-refractivity contribution >= 4 is 17.7 Å². The Hall–Kier alpha value is -2.30. The van der Waals surface area contributed by atoms with E-state index in [0.717, 1.165) is 5.69 Å². The van der Waals surface area contributed by atoms with Gasteiger partial charge in [0.2, 0.25) is 0 Å². The minimum absolute atomic E-state index is 0.0619. The summed E-state index contributed by atoms with van der Waals surface area (Å²) in [7, 11) is 0. The van der Waals surface area contributed by atoms with Crippen LogP contribution in [0.4, 0.5) is 10.5 Å². The van der Waals surface area contributed by atoms with E-state index in [1.807, 2.05) is 13.8 Å². The van der Waals surface area contributed by atoms with Gasteiger partial charge in [0.15, 0.2) is 0 Å². The lowest BCUT2D eigenvalue weighted by molar-refractivity contribution is -0.136. The molecule has 128 valence electrons. The lowest BCUT2D eigenvalue weighted by atomic mass is 10.1. The normalized spacial score (nSPS) is 24.3. The van der Waals surface area contributed by atoms with E-state index in [9.17, 15) is 9.59 Å². The Morgan fingerprint density at radius 1 is 1.29 bits per heavy atom. The molecule has 0 aromatic heterocycles. The lowest BCUT2D eigenvalue weighted by Crippen LogP contribution is -2.23. The number of benzene rings is 1. The summed E-state index contributed by atoms with van der Waals surface area (Å²) in [6.07, 6.45) is 1.80. The molecule has 1 saturated carbocycles. The van der Waals surface area contributed by atoms with Crippen molar-refractivity contribution in [1.29, 1.82) is 0 Å². The second kappa shape index (κ2) is 5.96. The third kappa shape index (κ3) is 3.03. The Bertz CT molecular complexity index is 686. The maximum absolute atomic E-state index is 12.4. The van der Waals surface area contributed by atoms with Crippen LogP contribution in [-0.2, 0) is 9.53 Å². The van der Waals surface area contributed by atoms with Crippen LogP contribution in [0.2, 0.25) is 0 Å². The average Bonchev–Trinajstić information content (AvgIpc) is 2.82. The van der Waals surface area contributed by atoms with Gasteiger partial charge in [-0.2, -0.15) is 0 Å². The van der Waals surface area contributed by atoms with Crippen LogP contribution in [-0.4, -0.2) is 25.2 Å². The number of carbonyl (C=O) groups excluding carboxylic acids is 2. The molecule has 1 aliphatic heterocycles. The number of cyclic esters (lactones) is 1. The Kier molecular flexibility index (Phi) is 4.11. The predicted octanol–water partition coefficient (Wildman–Crippen LogP) is 3.79.